The van der Waals surface area contributed by atoms with Crippen molar-refractivity contribution >= 4 is 33.0 Å². The second-order valence-electron chi connectivity index (χ2n) is 5.26. The Morgan fingerprint density at radius 2 is 2.17 bits per heavy atom. The van der Waals surface area contributed by atoms with Gasteiger partial charge < -0.3 is 4.90 Å². The smallest absolute Gasteiger partial charge is 0.228 e. The summed E-state index contributed by atoms with van der Waals surface area (Å²) in [4.78, 5) is 17.6. The standard InChI is InChI=1S/C14H17ClN4O3S/c1-10(23(3,21)22)7-13(20)18(2)12-9-19(17-14(12)15)11-5-4-6-16-8-11/h4-6,8-10H,7H2,1-3H3. The van der Waals surface area contributed by atoms with E-state index in [0.29, 0.717) is 11.4 Å². The van der Waals surface area contributed by atoms with E-state index in [4.69, 9.17) is 11.6 Å². The van der Waals surface area contributed by atoms with Crippen molar-refractivity contribution in [1.29, 1.82) is 0 Å². The minimum atomic E-state index is -3.27. The van der Waals surface area contributed by atoms with Crippen LogP contribution in [0.25, 0.3) is 5.69 Å². The van der Waals surface area contributed by atoms with Crippen molar-refractivity contribution in [1.82, 2.24) is 14.8 Å². The maximum Gasteiger partial charge on any atom is 0.228 e. The lowest BCUT2D eigenvalue weighted by molar-refractivity contribution is -0.118. The van der Waals surface area contributed by atoms with Crippen LogP contribution in [0.5, 0.6) is 0 Å². The number of carbonyl (C=O) groups excluding carboxylic acids is 1. The lowest BCUT2D eigenvalue weighted by Gasteiger charge is -2.17. The first kappa shape index (κ1) is 17.4. The van der Waals surface area contributed by atoms with E-state index in [-0.39, 0.29) is 17.5 Å². The summed E-state index contributed by atoms with van der Waals surface area (Å²) in [5.74, 6) is -0.351. The lowest BCUT2D eigenvalue weighted by Crippen LogP contribution is -2.31. The van der Waals surface area contributed by atoms with Gasteiger partial charge in [0.1, 0.15) is 5.69 Å². The summed E-state index contributed by atoms with van der Waals surface area (Å²) in [6.07, 6.45) is 5.84. The molecule has 23 heavy (non-hydrogen) atoms. The number of aromatic nitrogens is 3. The zero-order chi connectivity index (χ0) is 17.2. The summed E-state index contributed by atoms with van der Waals surface area (Å²) in [6.45, 7) is 1.50. The number of amides is 1. The number of hydrogen-bond acceptors (Lipinski definition) is 5. The molecule has 0 N–H and O–H groups in total. The van der Waals surface area contributed by atoms with Gasteiger partial charge in [-0.05, 0) is 19.1 Å². The largest absolute Gasteiger partial charge is 0.311 e. The van der Waals surface area contributed by atoms with Crippen LogP contribution in [0.2, 0.25) is 5.15 Å². The van der Waals surface area contributed by atoms with Crippen molar-refractivity contribution in [3.63, 3.8) is 0 Å². The SMILES string of the molecule is CC(CC(=O)N(C)c1cn(-c2cccnc2)nc1Cl)S(C)(=O)=O. The van der Waals surface area contributed by atoms with E-state index in [1.807, 2.05) is 0 Å². The number of hydrogen-bond donors (Lipinski definition) is 0. The van der Waals surface area contributed by atoms with Gasteiger partial charge in [0.2, 0.25) is 5.91 Å². The monoisotopic (exact) mass is 356 g/mol. The van der Waals surface area contributed by atoms with Crippen molar-refractivity contribution in [2.45, 2.75) is 18.6 Å². The molecule has 1 unspecified atom stereocenters. The second-order valence-corrected chi connectivity index (χ2v) is 8.08. The van der Waals surface area contributed by atoms with Crippen molar-refractivity contribution in [3.05, 3.63) is 35.9 Å². The number of pyridine rings is 1. The lowest BCUT2D eigenvalue weighted by atomic mass is 10.3. The summed E-state index contributed by atoms with van der Waals surface area (Å²) in [6, 6.07) is 3.56. The number of nitrogens with zero attached hydrogens (tertiary/aromatic N) is 4. The Balaban J connectivity index is 2.22. The Hall–Kier alpha value is -1.93. The molecule has 0 aliphatic rings. The molecule has 7 nitrogen and oxygen atoms in total. The van der Waals surface area contributed by atoms with Gasteiger partial charge in [-0.25, -0.2) is 13.1 Å². The minimum Gasteiger partial charge on any atom is -0.311 e. The molecule has 2 aromatic heterocycles. The Kier molecular flexibility index (Phi) is 5.06. The zero-order valence-corrected chi connectivity index (χ0v) is 14.5. The molecule has 1 atom stereocenters. The number of sulfone groups is 1. The van der Waals surface area contributed by atoms with E-state index in [2.05, 4.69) is 10.1 Å². The van der Waals surface area contributed by atoms with Crippen LogP contribution >= 0.6 is 11.6 Å². The fourth-order valence-electron chi connectivity index (χ4n) is 1.86. The molecule has 1 amide bonds. The van der Waals surface area contributed by atoms with Gasteiger partial charge in [0.15, 0.2) is 15.0 Å². The van der Waals surface area contributed by atoms with Gasteiger partial charge in [-0.15, -0.1) is 0 Å². The first-order chi connectivity index (χ1) is 10.7. The molecule has 124 valence electrons. The van der Waals surface area contributed by atoms with Crippen LogP contribution in [0.3, 0.4) is 0 Å². The van der Waals surface area contributed by atoms with Gasteiger partial charge in [-0.3, -0.25) is 9.78 Å². The van der Waals surface area contributed by atoms with Gasteiger partial charge in [0.25, 0.3) is 0 Å². The summed E-state index contributed by atoms with van der Waals surface area (Å²) in [7, 11) is -1.74. The number of halogens is 1. The summed E-state index contributed by atoms with van der Waals surface area (Å²) in [5.41, 5.74) is 1.10. The molecule has 0 saturated heterocycles. The number of anilines is 1. The number of carbonyl (C=O) groups is 1. The Bertz CT molecular complexity index is 805. The Labute approximate surface area is 139 Å². The third-order valence-electron chi connectivity index (χ3n) is 3.49. The van der Waals surface area contributed by atoms with Crippen LogP contribution in [-0.4, -0.2) is 47.6 Å². The average molecular weight is 357 g/mol. The van der Waals surface area contributed by atoms with Gasteiger partial charge in [-0.1, -0.05) is 11.6 Å². The minimum absolute atomic E-state index is 0.121. The maximum atomic E-state index is 12.3. The molecular weight excluding hydrogens is 340 g/mol. The molecule has 0 aliphatic carbocycles. The van der Waals surface area contributed by atoms with E-state index < -0.39 is 15.1 Å². The molecule has 0 bridgehead atoms. The first-order valence-electron chi connectivity index (χ1n) is 6.81. The molecular formula is C14H17ClN4O3S. The van der Waals surface area contributed by atoms with E-state index in [0.717, 1.165) is 6.26 Å². The first-order valence-corrected chi connectivity index (χ1v) is 9.14. The fraction of sp³-hybridized carbons (Fsp3) is 0.357. The van der Waals surface area contributed by atoms with Crippen molar-refractivity contribution in [2.24, 2.45) is 0 Å². The Morgan fingerprint density at radius 1 is 1.48 bits per heavy atom. The van der Waals surface area contributed by atoms with E-state index >= 15 is 0 Å². The average Bonchev–Trinajstić information content (AvgIpc) is 2.88. The molecule has 0 aliphatic heterocycles. The van der Waals surface area contributed by atoms with Crippen LogP contribution in [0, 0.1) is 0 Å². The highest BCUT2D eigenvalue weighted by atomic mass is 35.5. The fourth-order valence-corrected chi connectivity index (χ4v) is 2.56. The number of rotatable bonds is 5. The third-order valence-corrected chi connectivity index (χ3v) is 5.39. The van der Waals surface area contributed by atoms with Gasteiger partial charge in [-0.2, -0.15) is 5.10 Å². The topological polar surface area (TPSA) is 85.2 Å². The molecule has 0 spiro atoms. The molecule has 0 saturated carbocycles. The van der Waals surface area contributed by atoms with Crippen molar-refractivity contribution in [2.75, 3.05) is 18.2 Å². The van der Waals surface area contributed by atoms with Crippen LogP contribution in [-0.2, 0) is 14.6 Å². The molecule has 2 heterocycles. The van der Waals surface area contributed by atoms with E-state index in [9.17, 15) is 13.2 Å². The molecule has 2 rings (SSSR count). The molecule has 2 aromatic rings. The van der Waals surface area contributed by atoms with Crippen LogP contribution < -0.4 is 4.90 Å². The zero-order valence-electron chi connectivity index (χ0n) is 13.0. The van der Waals surface area contributed by atoms with Gasteiger partial charge in [0.05, 0.1) is 23.3 Å². The highest BCUT2D eigenvalue weighted by molar-refractivity contribution is 7.91. The van der Waals surface area contributed by atoms with Crippen molar-refractivity contribution < 1.29 is 13.2 Å². The van der Waals surface area contributed by atoms with Crippen LogP contribution in [0.4, 0.5) is 5.69 Å². The molecule has 0 radical (unpaired) electrons. The summed E-state index contributed by atoms with van der Waals surface area (Å²) >= 11 is 6.10. The van der Waals surface area contributed by atoms with Gasteiger partial charge >= 0.3 is 0 Å². The van der Waals surface area contributed by atoms with Crippen LogP contribution in [0.1, 0.15) is 13.3 Å². The highest BCUT2D eigenvalue weighted by Gasteiger charge is 2.24. The molecule has 0 aromatic carbocycles. The quantitative estimate of drug-likeness (QED) is 0.814. The summed E-state index contributed by atoms with van der Waals surface area (Å²) in [5, 5.41) is 3.53. The Morgan fingerprint density at radius 3 is 2.74 bits per heavy atom. The summed E-state index contributed by atoms with van der Waals surface area (Å²) < 4.78 is 24.4. The normalized spacial score (nSPS) is 12.9. The second kappa shape index (κ2) is 6.67. The predicted octanol–water partition coefficient (Wildman–Crippen LogP) is 1.71. The van der Waals surface area contributed by atoms with Gasteiger partial charge in [0, 0.05) is 25.9 Å². The highest BCUT2D eigenvalue weighted by Crippen LogP contribution is 2.25. The molecule has 9 heteroatoms. The van der Waals surface area contributed by atoms with Crippen LogP contribution in [0.15, 0.2) is 30.7 Å². The van der Waals surface area contributed by atoms with E-state index in [1.165, 1.54) is 23.6 Å². The van der Waals surface area contributed by atoms with Crippen molar-refractivity contribution in [3.8, 4) is 5.69 Å². The third kappa shape index (κ3) is 4.08. The maximum absolute atomic E-state index is 12.3. The predicted molar refractivity (Wildman–Crippen MR) is 88.7 cm³/mol. The van der Waals surface area contributed by atoms with E-state index in [1.54, 1.807) is 30.7 Å². The molecule has 0 fully saturated rings.